The molecule has 0 saturated heterocycles. The fourth-order valence-corrected chi connectivity index (χ4v) is 4.25. The molecule has 0 radical (unpaired) electrons. The second kappa shape index (κ2) is 5.41. The maximum absolute atomic E-state index is 11.3. The summed E-state index contributed by atoms with van der Waals surface area (Å²) < 4.78 is 63.0. The van der Waals surface area contributed by atoms with Gasteiger partial charge in [-0.2, -0.15) is 22.1 Å². The molecule has 0 unspecified atom stereocenters. The predicted octanol–water partition coefficient (Wildman–Crippen LogP) is 0.457. The Bertz CT molecular complexity index is 900. The van der Waals surface area contributed by atoms with Gasteiger partial charge in [-0.3, -0.25) is 13.9 Å². The molecule has 1 aromatic carbocycles. The third kappa shape index (κ3) is 3.10. The number of carbonyl (C=O) groups excluding carboxylic acids is 1. The minimum absolute atomic E-state index is 0.991. The van der Waals surface area contributed by atoms with E-state index in [1.807, 2.05) is 0 Å². The summed E-state index contributed by atoms with van der Waals surface area (Å²) in [6.07, 6.45) is 0. The maximum atomic E-state index is 11.3. The van der Waals surface area contributed by atoms with Crippen molar-refractivity contribution in [2.75, 3.05) is 0 Å². The van der Waals surface area contributed by atoms with Crippen molar-refractivity contribution in [2.45, 2.75) is 9.79 Å². The lowest BCUT2D eigenvalue weighted by Crippen LogP contribution is -2.20. The van der Waals surface area contributed by atoms with E-state index >= 15 is 0 Å². The van der Waals surface area contributed by atoms with Gasteiger partial charge in [-0.25, -0.2) is 0 Å². The fraction of sp³-hybridized carbons (Fsp3) is 0. The van der Waals surface area contributed by atoms with E-state index in [4.69, 9.17) is 43.3 Å². The number of hydrogen-bond donors (Lipinski definition) is 3. The Morgan fingerprint density at radius 2 is 1.48 bits per heavy atom. The quantitative estimate of drug-likeness (QED) is 0.638. The number of carbonyl (C=O) groups is 1. The first kappa shape index (κ1) is 17.6. The van der Waals surface area contributed by atoms with Crippen molar-refractivity contribution in [3.63, 3.8) is 0 Å². The topological polar surface area (TPSA) is 176 Å². The number of halogens is 2. The van der Waals surface area contributed by atoms with Crippen LogP contribution in [0.25, 0.3) is 0 Å². The minimum Gasteiger partial charge on any atom is -0.366 e. The lowest BCUT2D eigenvalue weighted by atomic mass is 10.1. The van der Waals surface area contributed by atoms with Crippen LogP contribution >= 0.6 is 23.2 Å². The molecule has 114 valence electrons. The van der Waals surface area contributed by atoms with Gasteiger partial charge in [0, 0.05) is 0 Å². The molecule has 1 rings (SSSR count). The molecule has 0 heterocycles. The summed E-state index contributed by atoms with van der Waals surface area (Å²) in [5, 5.41) is 6.58. The van der Waals surface area contributed by atoms with Gasteiger partial charge in [-0.1, -0.05) is 23.2 Å². The Hall–Kier alpha value is -1.42. The fourth-order valence-electron chi connectivity index (χ4n) is 1.45. The molecule has 0 aliphatic rings. The third-order valence-corrected chi connectivity index (χ3v) is 4.99. The van der Waals surface area contributed by atoms with Gasteiger partial charge >= 0.3 is 0 Å². The van der Waals surface area contributed by atoms with Gasteiger partial charge < -0.3 is 5.73 Å². The molecule has 0 atom stereocenters. The van der Waals surface area contributed by atoms with E-state index in [0.29, 0.717) is 0 Å². The highest BCUT2D eigenvalue weighted by Crippen LogP contribution is 2.39. The van der Waals surface area contributed by atoms with Crippen LogP contribution in [0.15, 0.2) is 9.79 Å². The van der Waals surface area contributed by atoms with Crippen molar-refractivity contribution >= 4 is 49.3 Å². The Morgan fingerprint density at radius 1 is 1.05 bits per heavy atom. The van der Waals surface area contributed by atoms with Crippen LogP contribution < -0.4 is 5.73 Å². The number of nitrogens with two attached hydrogens (primary N) is 1. The molecule has 0 aromatic heterocycles. The first-order valence-corrected chi connectivity index (χ1v) is 8.17. The van der Waals surface area contributed by atoms with Crippen LogP contribution in [0, 0.1) is 11.3 Å². The maximum Gasteiger partial charge on any atom is 0.297 e. The lowest BCUT2D eigenvalue weighted by molar-refractivity contribution is 0.0996. The van der Waals surface area contributed by atoms with Gasteiger partial charge in [0.15, 0.2) is 0 Å². The molecule has 21 heavy (non-hydrogen) atoms. The first-order chi connectivity index (χ1) is 9.34. The highest BCUT2D eigenvalue weighted by molar-refractivity contribution is 7.87. The first-order valence-electron chi connectivity index (χ1n) is 4.53. The summed E-state index contributed by atoms with van der Waals surface area (Å²) >= 11 is 11.1. The third-order valence-electron chi connectivity index (χ3n) is 2.17. The van der Waals surface area contributed by atoms with Gasteiger partial charge in [-0.05, 0) is 0 Å². The Kier molecular flexibility index (Phi) is 4.54. The van der Waals surface area contributed by atoms with Gasteiger partial charge in [0.1, 0.15) is 15.9 Å². The Balaban J connectivity index is 4.34. The van der Waals surface area contributed by atoms with E-state index in [1.54, 1.807) is 0 Å². The molecule has 0 spiro atoms. The van der Waals surface area contributed by atoms with Crippen molar-refractivity contribution in [3.05, 3.63) is 21.2 Å². The summed E-state index contributed by atoms with van der Waals surface area (Å²) in [6, 6.07) is 1.25. The summed E-state index contributed by atoms with van der Waals surface area (Å²) in [6.45, 7) is 0. The van der Waals surface area contributed by atoms with Crippen LogP contribution in [0.4, 0.5) is 0 Å². The second-order valence-corrected chi connectivity index (χ2v) is 6.94. The SMILES string of the molecule is N#Cc1c(Cl)c(C(N)=O)c(S(=O)(=O)O)c(Cl)c1S(=O)(=O)O. The van der Waals surface area contributed by atoms with Gasteiger partial charge in [-0.15, -0.1) is 0 Å². The molecule has 1 amide bonds. The number of primary amides is 1. The molecular weight excluding hydrogens is 371 g/mol. The van der Waals surface area contributed by atoms with Crippen LogP contribution in [-0.2, 0) is 20.2 Å². The minimum atomic E-state index is -5.24. The summed E-state index contributed by atoms with van der Waals surface area (Å²) in [5.74, 6) is -1.49. The number of hydrogen-bond acceptors (Lipinski definition) is 6. The molecule has 9 nitrogen and oxygen atoms in total. The van der Waals surface area contributed by atoms with Crippen LogP contribution in [0.1, 0.15) is 15.9 Å². The Labute approximate surface area is 128 Å². The monoisotopic (exact) mass is 374 g/mol. The van der Waals surface area contributed by atoms with Gasteiger partial charge in [0.05, 0.1) is 21.2 Å². The van der Waals surface area contributed by atoms with Crippen molar-refractivity contribution in [3.8, 4) is 6.07 Å². The van der Waals surface area contributed by atoms with Crippen LogP contribution in [0.2, 0.25) is 10.0 Å². The summed E-state index contributed by atoms with van der Waals surface area (Å²) in [4.78, 5) is 8.46. The molecule has 1 aromatic rings. The zero-order valence-corrected chi connectivity index (χ0v) is 12.7. The van der Waals surface area contributed by atoms with E-state index in [0.717, 1.165) is 0 Å². The lowest BCUT2D eigenvalue weighted by Gasteiger charge is -2.13. The van der Waals surface area contributed by atoms with E-state index in [9.17, 15) is 21.6 Å². The van der Waals surface area contributed by atoms with Crippen molar-refractivity contribution in [2.24, 2.45) is 5.73 Å². The molecule has 0 aliphatic heterocycles. The average Bonchev–Trinajstić information content (AvgIpc) is 2.26. The summed E-state index contributed by atoms with van der Waals surface area (Å²) in [5.41, 5.74) is 2.81. The largest absolute Gasteiger partial charge is 0.366 e. The summed E-state index contributed by atoms with van der Waals surface area (Å²) in [7, 11) is -10.4. The van der Waals surface area contributed by atoms with Crippen molar-refractivity contribution in [1.82, 2.24) is 0 Å². The van der Waals surface area contributed by atoms with Gasteiger partial charge in [0.2, 0.25) is 0 Å². The molecule has 4 N–H and O–H groups in total. The van der Waals surface area contributed by atoms with Crippen LogP contribution in [0.3, 0.4) is 0 Å². The zero-order chi connectivity index (χ0) is 16.7. The average molecular weight is 375 g/mol. The van der Waals surface area contributed by atoms with Crippen molar-refractivity contribution in [1.29, 1.82) is 5.26 Å². The highest BCUT2D eigenvalue weighted by atomic mass is 35.5. The zero-order valence-electron chi connectivity index (χ0n) is 9.53. The predicted molar refractivity (Wildman–Crippen MR) is 69.3 cm³/mol. The standard InChI is InChI=1S/C8H4Cl2N2O7S2/c9-4-2(1-11)6(20(14,15)16)5(10)7(21(17,18)19)3(4)8(12)13/h(H2,12,13)(H,14,15,16)(H,17,18,19). The normalized spacial score (nSPS) is 12.0. The number of nitrogens with zero attached hydrogens (tertiary/aromatic N) is 1. The van der Waals surface area contributed by atoms with E-state index in [-0.39, 0.29) is 0 Å². The van der Waals surface area contributed by atoms with E-state index < -0.39 is 57.1 Å². The highest BCUT2D eigenvalue weighted by Gasteiger charge is 2.35. The number of amides is 1. The van der Waals surface area contributed by atoms with E-state index in [2.05, 4.69) is 0 Å². The van der Waals surface area contributed by atoms with Crippen molar-refractivity contribution < 1.29 is 30.7 Å². The molecule has 13 heteroatoms. The molecule has 0 saturated carbocycles. The molecular formula is C8H4Cl2N2O7S2. The van der Waals surface area contributed by atoms with Crippen LogP contribution in [0.5, 0.6) is 0 Å². The van der Waals surface area contributed by atoms with E-state index in [1.165, 1.54) is 6.07 Å². The Morgan fingerprint density at radius 3 is 1.76 bits per heavy atom. The number of nitriles is 1. The van der Waals surface area contributed by atoms with Gasteiger partial charge in [0.25, 0.3) is 26.1 Å². The number of rotatable bonds is 3. The second-order valence-electron chi connectivity index (χ2n) is 3.46. The number of benzene rings is 1. The van der Waals surface area contributed by atoms with Crippen LogP contribution in [-0.4, -0.2) is 31.8 Å². The smallest absolute Gasteiger partial charge is 0.297 e. The molecule has 0 aliphatic carbocycles. The molecule has 0 fully saturated rings. The molecule has 0 bridgehead atoms.